The van der Waals surface area contributed by atoms with Crippen LogP contribution in [0.5, 0.6) is 0 Å². The van der Waals surface area contributed by atoms with E-state index in [9.17, 15) is 13.2 Å². The van der Waals surface area contributed by atoms with Gasteiger partial charge in [0.15, 0.2) is 0 Å². The van der Waals surface area contributed by atoms with Gasteiger partial charge in [0.2, 0.25) is 0 Å². The van der Waals surface area contributed by atoms with Crippen LogP contribution in [0.1, 0.15) is 26.3 Å². The molecule has 0 saturated carbocycles. The Morgan fingerprint density at radius 2 is 2.00 bits per heavy atom. The third-order valence-corrected chi connectivity index (χ3v) is 4.31. The quantitative estimate of drug-likeness (QED) is 0.879. The van der Waals surface area contributed by atoms with Crippen molar-refractivity contribution in [1.82, 2.24) is 5.32 Å². The Kier molecular flexibility index (Phi) is 4.73. The van der Waals surface area contributed by atoms with E-state index in [1.807, 2.05) is 11.8 Å². The second-order valence-electron chi connectivity index (χ2n) is 5.92. The number of rotatable bonds is 2. The zero-order valence-electron chi connectivity index (χ0n) is 12.3. The normalized spacial score (nSPS) is 23.7. The van der Waals surface area contributed by atoms with Gasteiger partial charge < -0.3 is 10.2 Å². The molecular weight excluding hydrogens is 301 g/mol. The van der Waals surface area contributed by atoms with Crippen LogP contribution in [0.15, 0.2) is 18.2 Å². The number of halogens is 4. The Labute approximate surface area is 128 Å². The highest BCUT2D eigenvalue weighted by atomic mass is 35.5. The number of hydrogen-bond donors (Lipinski definition) is 1. The van der Waals surface area contributed by atoms with Crippen molar-refractivity contribution in [3.63, 3.8) is 0 Å². The first-order chi connectivity index (χ1) is 9.70. The first-order valence-electron chi connectivity index (χ1n) is 7.07. The van der Waals surface area contributed by atoms with E-state index < -0.39 is 11.7 Å². The van der Waals surface area contributed by atoms with E-state index >= 15 is 0 Å². The number of piperazine rings is 1. The summed E-state index contributed by atoms with van der Waals surface area (Å²) in [7, 11) is 0. The van der Waals surface area contributed by atoms with Crippen LogP contribution in [0.4, 0.5) is 18.9 Å². The van der Waals surface area contributed by atoms with Crippen LogP contribution in [0.2, 0.25) is 5.02 Å². The molecule has 0 bridgehead atoms. The molecule has 0 spiro atoms. The standard InChI is InChI=1S/C15H20ClF3N2/c1-9(2)13-8-21(10(3)7-20-13)14-6-11(15(17,18)19)4-5-12(14)16/h4-6,9-10,13,20H,7-8H2,1-3H3. The highest BCUT2D eigenvalue weighted by Crippen LogP contribution is 2.36. The van der Waals surface area contributed by atoms with Gasteiger partial charge in [-0.3, -0.25) is 0 Å². The zero-order valence-corrected chi connectivity index (χ0v) is 13.1. The molecule has 1 aliphatic heterocycles. The molecule has 6 heteroatoms. The smallest absolute Gasteiger partial charge is 0.365 e. The van der Waals surface area contributed by atoms with Gasteiger partial charge in [0.1, 0.15) is 0 Å². The van der Waals surface area contributed by atoms with Gasteiger partial charge in [-0.15, -0.1) is 0 Å². The van der Waals surface area contributed by atoms with Gasteiger partial charge >= 0.3 is 6.18 Å². The number of nitrogens with zero attached hydrogens (tertiary/aromatic N) is 1. The fourth-order valence-corrected chi connectivity index (χ4v) is 2.81. The van der Waals surface area contributed by atoms with E-state index in [-0.39, 0.29) is 12.1 Å². The second kappa shape index (κ2) is 6.05. The molecule has 1 saturated heterocycles. The molecule has 0 aromatic heterocycles. The topological polar surface area (TPSA) is 15.3 Å². The van der Waals surface area contributed by atoms with Crippen LogP contribution in [-0.2, 0) is 6.18 Å². The molecule has 0 aliphatic carbocycles. The van der Waals surface area contributed by atoms with Crippen LogP contribution < -0.4 is 10.2 Å². The lowest BCUT2D eigenvalue weighted by Gasteiger charge is -2.42. The fraction of sp³-hybridized carbons (Fsp3) is 0.600. The maximum absolute atomic E-state index is 12.9. The van der Waals surface area contributed by atoms with E-state index in [2.05, 4.69) is 19.2 Å². The van der Waals surface area contributed by atoms with Crippen LogP contribution in [-0.4, -0.2) is 25.2 Å². The minimum Gasteiger partial charge on any atom is -0.365 e. The third-order valence-electron chi connectivity index (χ3n) is 3.99. The molecule has 21 heavy (non-hydrogen) atoms. The third kappa shape index (κ3) is 3.64. The number of benzene rings is 1. The van der Waals surface area contributed by atoms with Crippen molar-refractivity contribution < 1.29 is 13.2 Å². The van der Waals surface area contributed by atoms with Crippen molar-refractivity contribution in [3.8, 4) is 0 Å². The lowest BCUT2D eigenvalue weighted by Crippen LogP contribution is -2.57. The van der Waals surface area contributed by atoms with Crippen molar-refractivity contribution in [3.05, 3.63) is 28.8 Å². The summed E-state index contributed by atoms with van der Waals surface area (Å²) in [5.74, 6) is 0.407. The predicted octanol–water partition coefficient (Wildman–Crippen LogP) is 4.18. The van der Waals surface area contributed by atoms with Gasteiger partial charge in [0, 0.05) is 25.2 Å². The summed E-state index contributed by atoms with van der Waals surface area (Å²) in [4.78, 5) is 1.97. The maximum Gasteiger partial charge on any atom is 0.416 e. The van der Waals surface area contributed by atoms with Gasteiger partial charge in [-0.25, -0.2) is 0 Å². The Morgan fingerprint density at radius 3 is 2.57 bits per heavy atom. The second-order valence-corrected chi connectivity index (χ2v) is 6.33. The summed E-state index contributed by atoms with van der Waals surface area (Å²) >= 11 is 6.14. The van der Waals surface area contributed by atoms with Gasteiger partial charge in [-0.1, -0.05) is 25.4 Å². The van der Waals surface area contributed by atoms with Gasteiger partial charge in [-0.2, -0.15) is 13.2 Å². The minimum absolute atomic E-state index is 0.0981. The molecule has 2 nitrogen and oxygen atoms in total. The van der Waals surface area contributed by atoms with E-state index in [0.717, 1.165) is 18.7 Å². The first-order valence-corrected chi connectivity index (χ1v) is 7.44. The minimum atomic E-state index is -4.35. The molecule has 1 fully saturated rings. The average molecular weight is 321 g/mol. The van der Waals surface area contributed by atoms with Crippen molar-refractivity contribution >= 4 is 17.3 Å². The Bertz CT molecular complexity index is 502. The summed E-state index contributed by atoms with van der Waals surface area (Å²) in [5, 5.41) is 3.79. The fourth-order valence-electron chi connectivity index (χ4n) is 2.58. The number of hydrogen-bond acceptors (Lipinski definition) is 2. The lowest BCUT2D eigenvalue weighted by atomic mass is 9.99. The van der Waals surface area contributed by atoms with Crippen molar-refractivity contribution in [2.75, 3.05) is 18.0 Å². The largest absolute Gasteiger partial charge is 0.416 e. The summed E-state index contributed by atoms with van der Waals surface area (Å²) in [6.45, 7) is 7.56. The van der Waals surface area contributed by atoms with Crippen molar-refractivity contribution in [2.45, 2.75) is 39.0 Å². The summed E-state index contributed by atoms with van der Waals surface area (Å²) in [5.41, 5.74) is -0.195. The van der Waals surface area contributed by atoms with E-state index in [1.54, 1.807) is 0 Å². The Morgan fingerprint density at radius 1 is 1.33 bits per heavy atom. The predicted molar refractivity (Wildman–Crippen MR) is 79.9 cm³/mol. The van der Waals surface area contributed by atoms with Crippen molar-refractivity contribution in [2.24, 2.45) is 5.92 Å². The molecule has 2 atom stereocenters. The zero-order chi connectivity index (χ0) is 15.8. The molecule has 2 unspecified atom stereocenters. The van der Waals surface area contributed by atoms with E-state index in [0.29, 0.717) is 23.2 Å². The SMILES string of the molecule is CC(C)C1CN(c2cc(C(F)(F)F)ccc2Cl)C(C)CN1. The van der Waals surface area contributed by atoms with Crippen LogP contribution >= 0.6 is 11.6 Å². The molecule has 2 rings (SSSR count). The van der Waals surface area contributed by atoms with Crippen molar-refractivity contribution in [1.29, 1.82) is 0 Å². The van der Waals surface area contributed by atoms with Gasteiger partial charge in [0.25, 0.3) is 0 Å². The average Bonchev–Trinajstić information content (AvgIpc) is 2.38. The van der Waals surface area contributed by atoms with Gasteiger partial charge in [0.05, 0.1) is 16.3 Å². The molecule has 1 heterocycles. The molecule has 1 aliphatic rings. The molecule has 0 radical (unpaired) electrons. The number of alkyl halides is 3. The molecule has 1 aromatic carbocycles. The molecule has 0 amide bonds. The Balaban J connectivity index is 2.34. The first kappa shape index (κ1) is 16.4. The Hall–Kier alpha value is -0.940. The van der Waals surface area contributed by atoms with E-state index in [4.69, 9.17) is 11.6 Å². The highest BCUT2D eigenvalue weighted by Gasteiger charge is 2.33. The lowest BCUT2D eigenvalue weighted by molar-refractivity contribution is -0.137. The number of anilines is 1. The van der Waals surface area contributed by atoms with Gasteiger partial charge in [-0.05, 0) is 31.0 Å². The monoisotopic (exact) mass is 320 g/mol. The van der Waals surface area contributed by atoms with E-state index in [1.165, 1.54) is 6.07 Å². The molecule has 1 aromatic rings. The highest BCUT2D eigenvalue weighted by molar-refractivity contribution is 6.33. The molecule has 1 N–H and O–H groups in total. The molecular formula is C15H20ClF3N2. The molecule has 118 valence electrons. The summed E-state index contributed by atoms with van der Waals surface area (Å²) < 4.78 is 38.7. The summed E-state index contributed by atoms with van der Waals surface area (Å²) in [6, 6.07) is 3.85. The number of nitrogens with one attached hydrogen (secondary N) is 1. The van der Waals surface area contributed by atoms with Crippen LogP contribution in [0.3, 0.4) is 0 Å². The maximum atomic E-state index is 12.9. The van der Waals surface area contributed by atoms with Crippen LogP contribution in [0, 0.1) is 5.92 Å². The summed E-state index contributed by atoms with van der Waals surface area (Å²) in [6.07, 6.45) is -4.35. The van der Waals surface area contributed by atoms with Crippen LogP contribution in [0.25, 0.3) is 0 Å².